The van der Waals surface area contributed by atoms with Crippen molar-refractivity contribution in [2.24, 2.45) is 5.41 Å². The van der Waals surface area contributed by atoms with Crippen molar-refractivity contribution >= 4 is 7.37 Å². The minimum atomic E-state index is -3.09. The molecular weight excluding hydrogens is 323 g/mol. The van der Waals surface area contributed by atoms with Crippen molar-refractivity contribution in [3.05, 3.63) is 0 Å². The molecule has 0 saturated heterocycles. The molecule has 2 atom stereocenters. The fourth-order valence-corrected chi connectivity index (χ4v) is 4.09. The normalized spacial score (nSPS) is 16.8. The first kappa shape index (κ1) is 24.1. The lowest BCUT2D eigenvalue weighted by Gasteiger charge is -2.47. The summed E-state index contributed by atoms with van der Waals surface area (Å²) >= 11 is 0. The molecular formula is C19H41O4P. The fourth-order valence-electron chi connectivity index (χ4n) is 3.60. The molecule has 146 valence electrons. The van der Waals surface area contributed by atoms with Crippen LogP contribution in [-0.4, -0.2) is 36.2 Å². The van der Waals surface area contributed by atoms with Gasteiger partial charge in [-0.25, -0.2) is 0 Å². The van der Waals surface area contributed by atoms with Crippen molar-refractivity contribution in [1.82, 2.24) is 0 Å². The smallest absolute Gasteiger partial charge is 0.222 e. The first-order valence-corrected chi connectivity index (χ1v) is 12.0. The van der Waals surface area contributed by atoms with Gasteiger partial charge in [0.25, 0.3) is 0 Å². The zero-order valence-electron chi connectivity index (χ0n) is 17.1. The highest BCUT2D eigenvalue weighted by atomic mass is 31.2. The number of rotatable bonds is 14. The van der Waals surface area contributed by atoms with Gasteiger partial charge >= 0.3 is 0 Å². The maximum Gasteiger partial charge on any atom is 0.222 e. The molecule has 0 aliphatic rings. The molecule has 0 radical (unpaired) electrons. The van der Waals surface area contributed by atoms with Crippen molar-refractivity contribution in [2.45, 2.75) is 98.2 Å². The summed E-state index contributed by atoms with van der Waals surface area (Å²) in [6.45, 7) is 15.4. The highest BCUT2D eigenvalue weighted by molar-refractivity contribution is 7.56. The molecule has 4 nitrogen and oxygen atoms in total. The van der Waals surface area contributed by atoms with E-state index in [4.69, 9.17) is 9.47 Å². The summed E-state index contributed by atoms with van der Waals surface area (Å²) in [4.78, 5) is 9.35. The summed E-state index contributed by atoms with van der Waals surface area (Å²) in [5.74, 6) is 0. The van der Waals surface area contributed by atoms with E-state index in [0.29, 0.717) is 0 Å². The van der Waals surface area contributed by atoms with E-state index in [-0.39, 0.29) is 23.5 Å². The summed E-state index contributed by atoms with van der Waals surface area (Å²) < 4.78 is 23.4. The van der Waals surface area contributed by atoms with Crippen LogP contribution in [0.25, 0.3) is 0 Å². The Morgan fingerprint density at radius 3 is 1.96 bits per heavy atom. The molecule has 24 heavy (non-hydrogen) atoms. The minimum Gasteiger partial charge on any atom is -0.374 e. The molecule has 0 fully saturated rings. The summed E-state index contributed by atoms with van der Waals surface area (Å²) in [6, 6.07) is 0. The molecule has 0 aromatic rings. The molecule has 5 heteroatoms. The number of hydrogen-bond donors (Lipinski definition) is 1. The summed E-state index contributed by atoms with van der Waals surface area (Å²) in [5, 5.41) is 0. The standard InChI is InChI=1S/C19H41O4P/c1-8-17(22-16-24(7,20)21)14-13-15-23-19(11-4,12-5)18(6,9-2)10-3/h17H,8-16H2,1-7H3,(H,20,21)/t17-/m0/s1. The maximum absolute atomic E-state index is 11.4. The van der Waals surface area contributed by atoms with Gasteiger partial charge in [-0.15, -0.1) is 0 Å². The summed E-state index contributed by atoms with van der Waals surface area (Å²) in [5.41, 5.74) is 0.131. The van der Waals surface area contributed by atoms with E-state index in [1.54, 1.807) is 0 Å². The third-order valence-electron chi connectivity index (χ3n) is 5.86. The molecule has 0 aliphatic heterocycles. The molecule has 0 heterocycles. The van der Waals surface area contributed by atoms with Gasteiger partial charge in [-0.05, 0) is 50.4 Å². The monoisotopic (exact) mass is 364 g/mol. The lowest BCUT2D eigenvalue weighted by molar-refractivity contribution is -0.140. The van der Waals surface area contributed by atoms with Crippen molar-refractivity contribution in [3.8, 4) is 0 Å². The largest absolute Gasteiger partial charge is 0.374 e. The Kier molecular flexibility index (Phi) is 11.0. The van der Waals surface area contributed by atoms with E-state index in [1.165, 1.54) is 6.66 Å². The van der Waals surface area contributed by atoms with Crippen LogP contribution in [-0.2, 0) is 14.0 Å². The van der Waals surface area contributed by atoms with Gasteiger partial charge in [-0.3, -0.25) is 4.57 Å². The average Bonchev–Trinajstić information content (AvgIpc) is 2.56. The Morgan fingerprint density at radius 1 is 1.04 bits per heavy atom. The molecule has 1 N–H and O–H groups in total. The minimum absolute atomic E-state index is 0.0374. The van der Waals surface area contributed by atoms with Gasteiger partial charge in [0, 0.05) is 13.3 Å². The summed E-state index contributed by atoms with van der Waals surface area (Å²) in [7, 11) is -3.09. The highest BCUT2D eigenvalue weighted by Gasteiger charge is 2.44. The molecule has 1 unspecified atom stereocenters. The van der Waals surface area contributed by atoms with Gasteiger partial charge < -0.3 is 14.4 Å². The average molecular weight is 365 g/mol. The van der Waals surface area contributed by atoms with Crippen LogP contribution in [0.1, 0.15) is 86.5 Å². The van der Waals surface area contributed by atoms with Crippen molar-refractivity contribution < 1.29 is 18.9 Å². The molecule has 0 aliphatic carbocycles. The van der Waals surface area contributed by atoms with Crippen molar-refractivity contribution in [1.29, 1.82) is 0 Å². The second kappa shape index (κ2) is 11.0. The third-order valence-corrected chi connectivity index (χ3v) is 6.48. The van der Waals surface area contributed by atoms with Gasteiger partial charge in [0.1, 0.15) is 6.35 Å². The quantitative estimate of drug-likeness (QED) is 0.312. The second-order valence-electron chi connectivity index (χ2n) is 7.34. The van der Waals surface area contributed by atoms with Crippen molar-refractivity contribution in [3.63, 3.8) is 0 Å². The van der Waals surface area contributed by atoms with Gasteiger partial charge in [-0.2, -0.15) is 0 Å². The Morgan fingerprint density at radius 2 is 1.58 bits per heavy atom. The predicted molar refractivity (Wildman–Crippen MR) is 103 cm³/mol. The van der Waals surface area contributed by atoms with Gasteiger partial charge in [0.05, 0.1) is 11.7 Å². The molecule has 0 spiro atoms. The Bertz CT molecular complexity index is 370. The Labute approximate surface area is 150 Å². The topological polar surface area (TPSA) is 55.8 Å². The van der Waals surface area contributed by atoms with E-state index in [0.717, 1.165) is 51.6 Å². The molecule has 0 aromatic heterocycles. The molecule has 0 rings (SSSR count). The van der Waals surface area contributed by atoms with Crippen LogP contribution < -0.4 is 0 Å². The molecule has 0 amide bonds. The first-order valence-electron chi connectivity index (χ1n) is 9.68. The van der Waals surface area contributed by atoms with E-state index < -0.39 is 7.37 Å². The van der Waals surface area contributed by atoms with Crippen LogP contribution in [0.3, 0.4) is 0 Å². The Balaban J connectivity index is 4.55. The first-order chi connectivity index (χ1) is 11.1. The predicted octanol–water partition coefficient (Wildman–Crippen LogP) is 5.82. The lowest BCUT2D eigenvalue weighted by Crippen LogP contribution is -2.47. The molecule has 0 bridgehead atoms. The zero-order chi connectivity index (χ0) is 18.9. The van der Waals surface area contributed by atoms with Crippen molar-refractivity contribution in [2.75, 3.05) is 19.6 Å². The van der Waals surface area contributed by atoms with E-state index in [1.807, 2.05) is 0 Å². The number of hydrogen-bond acceptors (Lipinski definition) is 3. The van der Waals surface area contributed by atoms with E-state index >= 15 is 0 Å². The van der Waals surface area contributed by atoms with E-state index in [2.05, 4.69) is 41.5 Å². The van der Waals surface area contributed by atoms with Gasteiger partial charge in [-0.1, -0.05) is 41.5 Å². The van der Waals surface area contributed by atoms with Crippen LogP contribution in [0.15, 0.2) is 0 Å². The maximum atomic E-state index is 11.4. The zero-order valence-corrected chi connectivity index (χ0v) is 18.0. The number of ether oxygens (including phenoxy) is 2. The van der Waals surface area contributed by atoms with E-state index in [9.17, 15) is 9.46 Å². The van der Waals surface area contributed by atoms with Crippen LogP contribution in [0.2, 0.25) is 0 Å². The highest BCUT2D eigenvalue weighted by Crippen LogP contribution is 2.45. The van der Waals surface area contributed by atoms with Gasteiger partial charge in [0.2, 0.25) is 7.37 Å². The Hall–Kier alpha value is 0.110. The van der Waals surface area contributed by atoms with Gasteiger partial charge in [0.15, 0.2) is 0 Å². The fraction of sp³-hybridized carbons (Fsp3) is 1.00. The van der Waals surface area contributed by atoms with Crippen LogP contribution in [0, 0.1) is 5.41 Å². The van der Waals surface area contributed by atoms with Crippen LogP contribution in [0.4, 0.5) is 0 Å². The van der Waals surface area contributed by atoms with Crippen LogP contribution in [0.5, 0.6) is 0 Å². The molecule has 0 aromatic carbocycles. The second-order valence-corrected chi connectivity index (χ2v) is 9.70. The SMILES string of the molecule is CC[C@@H](CCCOC(CC)(CC)C(C)(CC)CC)OCP(C)(=O)O. The molecule has 0 saturated carbocycles. The third kappa shape index (κ3) is 7.15. The summed E-state index contributed by atoms with van der Waals surface area (Å²) in [6.07, 6.45) is 6.92. The van der Waals surface area contributed by atoms with Crippen LogP contribution >= 0.6 is 7.37 Å². The lowest BCUT2D eigenvalue weighted by atomic mass is 9.66.